The topological polar surface area (TPSA) is 374 Å². The van der Waals surface area contributed by atoms with Gasteiger partial charge in [0.1, 0.15) is 60.3 Å². The third-order valence-corrected chi connectivity index (χ3v) is 14.3. The number of nitrogens with zero attached hydrogens (tertiary/aromatic N) is 2. The number of phenols is 1. The number of nitrogens with one attached hydrogen (secondary N) is 5. The van der Waals surface area contributed by atoms with Crippen LogP contribution in [0.2, 0.25) is 0 Å². The van der Waals surface area contributed by atoms with E-state index in [0.29, 0.717) is 24.7 Å². The Bertz CT molecular complexity index is 1980. The quantitative estimate of drug-likeness (QED) is 0.0639. The van der Waals surface area contributed by atoms with Gasteiger partial charge in [-0.25, -0.2) is 0 Å². The van der Waals surface area contributed by atoms with Gasteiger partial charge in [-0.3, -0.25) is 33.6 Å². The van der Waals surface area contributed by atoms with E-state index in [0.717, 1.165) is 55.2 Å². The fourth-order valence-corrected chi connectivity index (χ4v) is 9.78. The Hall–Kier alpha value is -5.01. The van der Waals surface area contributed by atoms with Gasteiger partial charge in [-0.05, 0) is 75.1 Å². The van der Waals surface area contributed by atoms with Crippen LogP contribution in [0.4, 0.5) is 0 Å². The second-order valence-electron chi connectivity index (χ2n) is 20.3. The van der Waals surface area contributed by atoms with E-state index in [1.165, 1.54) is 30.7 Å². The summed E-state index contributed by atoms with van der Waals surface area (Å²) in [6.07, 6.45) is -5.66. The third-order valence-electron chi connectivity index (χ3n) is 14.3. The van der Waals surface area contributed by atoms with Crippen LogP contribution >= 0.6 is 0 Å². The number of hydrogen-bond acceptors (Lipinski definition) is 16. The highest BCUT2D eigenvalue weighted by Crippen LogP contribution is 2.26. The summed E-state index contributed by atoms with van der Waals surface area (Å²) in [6.45, 7) is 7.05. The van der Waals surface area contributed by atoms with Crippen LogP contribution in [0.3, 0.4) is 0 Å². The summed E-state index contributed by atoms with van der Waals surface area (Å²) in [5.74, 6) is -6.23. The monoisotopic (exact) mass is 1030 g/mol. The SMILES string of the molecule is CCC(C)CC(C)CCCCCCCCC(=O)NC1CC(O)C(O)NC(=O)C2CCCN2C(=O)C(C(O)CCN)NC(=O)C(C(O)C(O)c2ccc(O)cc2)NC(=O)C2CC(O)CN2C(=O)C(C(C)O)NC1=O. The molecule has 15 N–H and O–H groups in total. The molecular weight excluding hydrogens is 953 g/mol. The first-order valence-electron chi connectivity index (χ1n) is 25.9. The van der Waals surface area contributed by atoms with Crippen molar-refractivity contribution in [2.45, 2.75) is 203 Å². The summed E-state index contributed by atoms with van der Waals surface area (Å²) < 4.78 is 0. The number of aliphatic hydroxyl groups excluding tert-OH is 7. The molecule has 1 aromatic carbocycles. The number of rotatable bonds is 20. The molecule has 4 rings (SSSR count). The minimum atomic E-state index is -2.24. The summed E-state index contributed by atoms with van der Waals surface area (Å²) in [6, 6.07) is -5.86. The fourth-order valence-electron chi connectivity index (χ4n) is 9.78. The normalized spacial score (nSPS) is 28.5. The second kappa shape index (κ2) is 29.2. The van der Waals surface area contributed by atoms with Crippen molar-refractivity contribution < 1.29 is 74.4 Å². The number of nitrogens with two attached hydrogens (primary N) is 1. The van der Waals surface area contributed by atoms with E-state index in [1.807, 2.05) is 0 Å². The maximum atomic E-state index is 14.4. The Morgan fingerprint density at radius 1 is 0.726 bits per heavy atom. The van der Waals surface area contributed by atoms with Crippen LogP contribution in [0.15, 0.2) is 24.3 Å². The molecule has 73 heavy (non-hydrogen) atoms. The van der Waals surface area contributed by atoms with Gasteiger partial charge in [-0.2, -0.15) is 0 Å². The van der Waals surface area contributed by atoms with Crippen molar-refractivity contribution in [3.05, 3.63) is 29.8 Å². The van der Waals surface area contributed by atoms with Crippen LogP contribution in [-0.4, -0.2) is 185 Å². The molecule has 1 aromatic rings. The van der Waals surface area contributed by atoms with Crippen molar-refractivity contribution in [1.82, 2.24) is 36.4 Å². The Balaban J connectivity index is 1.66. The van der Waals surface area contributed by atoms with Gasteiger partial charge < -0.3 is 83.0 Å². The molecule has 0 spiro atoms. The van der Waals surface area contributed by atoms with Crippen LogP contribution in [0.5, 0.6) is 5.75 Å². The molecule has 23 nitrogen and oxygen atoms in total. The molecule has 15 atom stereocenters. The van der Waals surface area contributed by atoms with Crippen molar-refractivity contribution in [3.8, 4) is 5.75 Å². The van der Waals surface area contributed by atoms with Crippen LogP contribution in [-0.2, 0) is 33.6 Å². The van der Waals surface area contributed by atoms with E-state index in [2.05, 4.69) is 47.4 Å². The highest BCUT2D eigenvalue weighted by Gasteiger charge is 2.47. The maximum Gasteiger partial charge on any atom is 0.248 e. The van der Waals surface area contributed by atoms with Gasteiger partial charge in [0.2, 0.25) is 41.4 Å². The van der Waals surface area contributed by atoms with E-state index in [4.69, 9.17) is 5.73 Å². The van der Waals surface area contributed by atoms with Crippen molar-refractivity contribution in [2.75, 3.05) is 19.6 Å². The molecule has 3 aliphatic heterocycles. The highest BCUT2D eigenvalue weighted by molar-refractivity contribution is 5.98. The standard InChI is InChI=1S/C50H82N8O15/c1-5-27(2)23-28(3)13-10-8-6-7-9-11-15-38(64)52-33-25-37(63)47(70)56-45(68)34-14-12-22-57(34)50(73)40(36(62)20-21-51)54-48(71)41(43(66)42(65)30-16-18-31(60)19-17-30)55-46(69)35-24-32(61)26-58(35)49(72)39(29(4)59)53-44(33)67/h16-19,27-29,32-37,39-43,47,59-63,65-66,70H,5-15,20-26,51H2,1-4H3,(H,52,64)(H,53,67)(H,54,71)(H,55,69)(H,56,68). The highest BCUT2D eigenvalue weighted by atomic mass is 16.3. The molecule has 3 fully saturated rings. The van der Waals surface area contributed by atoms with Crippen molar-refractivity contribution in [1.29, 1.82) is 0 Å². The summed E-state index contributed by atoms with van der Waals surface area (Å²) in [5.41, 5.74) is 5.68. The van der Waals surface area contributed by atoms with E-state index >= 15 is 0 Å². The molecule has 3 saturated heterocycles. The number of carbonyl (C=O) groups excluding carboxylic acids is 7. The van der Waals surface area contributed by atoms with E-state index in [1.54, 1.807) is 0 Å². The number of carbonyl (C=O) groups is 7. The first-order valence-corrected chi connectivity index (χ1v) is 25.9. The number of aromatic hydroxyl groups is 1. The van der Waals surface area contributed by atoms with Gasteiger partial charge >= 0.3 is 0 Å². The van der Waals surface area contributed by atoms with Crippen LogP contribution in [0.25, 0.3) is 0 Å². The average molecular weight is 1040 g/mol. The first kappa shape index (κ1) is 60.5. The number of benzene rings is 1. The molecule has 0 aliphatic carbocycles. The van der Waals surface area contributed by atoms with E-state index in [-0.39, 0.29) is 50.1 Å². The third kappa shape index (κ3) is 17.5. The van der Waals surface area contributed by atoms with Gasteiger partial charge in [-0.15, -0.1) is 0 Å². The molecule has 0 bridgehead atoms. The Labute approximate surface area is 427 Å². The number of unbranched alkanes of at least 4 members (excludes halogenated alkanes) is 5. The van der Waals surface area contributed by atoms with Gasteiger partial charge in [0, 0.05) is 32.4 Å². The van der Waals surface area contributed by atoms with E-state index in [9.17, 15) is 74.4 Å². The lowest BCUT2D eigenvalue weighted by molar-refractivity contribution is -0.147. The van der Waals surface area contributed by atoms with Crippen LogP contribution in [0.1, 0.15) is 136 Å². The summed E-state index contributed by atoms with van der Waals surface area (Å²) in [5, 5.41) is 100. The van der Waals surface area contributed by atoms with Crippen molar-refractivity contribution >= 4 is 41.4 Å². The van der Waals surface area contributed by atoms with Gasteiger partial charge in [0.05, 0.1) is 18.3 Å². The lowest BCUT2D eigenvalue weighted by Gasteiger charge is -2.34. The predicted octanol–water partition coefficient (Wildman–Crippen LogP) is -1.84. The average Bonchev–Trinajstić information content (AvgIpc) is 4.01. The Morgan fingerprint density at radius 2 is 1.33 bits per heavy atom. The summed E-state index contributed by atoms with van der Waals surface area (Å²) in [7, 11) is 0. The molecule has 0 radical (unpaired) electrons. The number of amides is 7. The van der Waals surface area contributed by atoms with Crippen molar-refractivity contribution in [2.24, 2.45) is 17.6 Å². The molecule has 0 saturated carbocycles. The molecular formula is C50H82N8O15. The predicted molar refractivity (Wildman–Crippen MR) is 264 cm³/mol. The number of aliphatic hydroxyl groups is 7. The van der Waals surface area contributed by atoms with Crippen LogP contribution < -0.4 is 32.3 Å². The molecule has 15 unspecified atom stereocenters. The van der Waals surface area contributed by atoms with Crippen molar-refractivity contribution in [3.63, 3.8) is 0 Å². The molecule has 3 aliphatic rings. The Kier molecular flexibility index (Phi) is 24.2. The largest absolute Gasteiger partial charge is 0.508 e. The maximum absolute atomic E-state index is 14.4. The number of hydrogen-bond donors (Lipinski definition) is 14. The van der Waals surface area contributed by atoms with Gasteiger partial charge in [-0.1, -0.05) is 77.8 Å². The molecule has 7 amide bonds. The zero-order valence-electron chi connectivity index (χ0n) is 42.6. The zero-order chi connectivity index (χ0) is 54.1. The lowest BCUT2D eigenvalue weighted by Crippen LogP contribution is -2.64. The lowest BCUT2D eigenvalue weighted by atomic mass is 9.91. The number of fused-ring (bicyclic) bond motifs is 2. The minimum absolute atomic E-state index is 0.0153. The zero-order valence-corrected chi connectivity index (χ0v) is 42.6. The minimum Gasteiger partial charge on any atom is -0.508 e. The summed E-state index contributed by atoms with van der Waals surface area (Å²) >= 11 is 0. The molecule has 0 aromatic heterocycles. The van der Waals surface area contributed by atoms with Crippen LogP contribution in [0, 0.1) is 11.8 Å². The molecule has 3 heterocycles. The molecule has 23 heteroatoms. The second-order valence-corrected chi connectivity index (χ2v) is 20.3. The Morgan fingerprint density at radius 3 is 1.97 bits per heavy atom. The van der Waals surface area contributed by atoms with Gasteiger partial charge in [0.15, 0.2) is 6.23 Å². The fraction of sp³-hybridized carbons (Fsp3) is 0.740. The van der Waals surface area contributed by atoms with Gasteiger partial charge in [0.25, 0.3) is 0 Å². The molecule has 412 valence electrons. The summed E-state index contributed by atoms with van der Waals surface area (Å²) in [4.78, 5) is 100. The van der Waals surface area contributed by atoms with E-state index < -0.39 is 140 Å². The smallest absolute Gasteiger partial charge is 0.248 e. The number of phenolic OH excluding ortho intramolecular Hbond substituents is 1. The first-order chi connectivity index (χ1) is 34.6.